The third-order valence-corrected chi connectivity index (χ3v) is 6.19. The zero-order valence-corrected chi connectivity index (χ0v) is 14.8. The van der Waals surface area contributed by atoms with Gasteiger partial charge in [0.15, 0.2) is 0 Å². The van der Waals surface area contributed by atoms with Crippen LogP contribution in [0.15, 0.2) is 30.3 Å². The van der Waals surface area contributed by atoms with E-state index in [0.717, 1.165) is 5.69 Å². The van der Waals surface area contributed by atoms with Gasteiger partial charge in [0.25, 0.3) is 0 Å². The Hall–Kier alpha value is -1.60. The van der Waals surface area contributed by atoms with Gasteiger partial charge in [0, 0.05) is 32.9 Å². The van der Waals surface area contributed by atoms with Gasteiger partial charge in [-0.25, -0.2) is 12.7 Å². The molecule has 6 nitrogen and oxygen atoms in total. The monoisotopic (exact) mass is 339 g/mol. The molecule has 1 heterocycles. The van der Waals surface area contributed by atoms with E-state index in [4.69, 9.17) is 0 Å². The molecule has 0 aliphatic carbocycles. The topological polar surface area (TPSA) is 69.7 Å². The van der Waals surface area contributed by atoms with Gasteiger partial charge >= 0.3 is 0 Å². The van der Waals surface area contributed by atoms with Gasteiger partial charge in [-0.15, -0.1) is 0 Å². The lowest BCUT2D eigenvalue weighted by Crippen LogP contribution is -2.58. The van der Waals surface area contributed by atoms with Crippen molar-refractivity contribution < 1.29 is 13.2 Å². The number of hydrogen-bond donors (Lipinski definition) is 1. The number of piperidine rings is 1. The van der Waals surface area contributed by atoms with Crippen LogP contribution >= 0.6 is 0 Å². The fourth-order valence-electron chi connectivity index (χ4n) is 2.95. The number of sulfonamides is 1. The Kier molecular flexibility index (Phi) is 5.31. The van der Waals surface area contributed by atoms with Crippen molar-refractivity contribution in [2.75, 3.05) is 38.3 Å². The van der Waals surface area contributed by atoms with Gasteiger partial charge in [-0.05, 0) is 31.9 Å². The van der Waals surface area contributed by atoms with Crippen LogP contribution in [0.25, 0.3) is 0 Å². The first-order valence-electron chi connectivity index (χ1n) is 7.83. The highest BCUT2D eigenvalue weighted by Crippen LogP contribution is 2.30. The van der Waals surface area contributed by atoms with Gasteiger partial charge in [0.05, 0.1) is 5.75 Å². The molecule has 128 valence electrons. The Balaban J connectivity index is 2.23. The van der Waals surface area contributed by atoms with E-state index in [-0.39, 0.29) is 11.7 Å². The number of likely N-dealkylation sites (N-methyl/N-ethyl adjacent to an activating group) is 1. The highest BCUT2D eigenvalue weighted by molar-refractivity contribution is 7.89. The molecule has 0 atom stereocenters. The first-order chi connectivity index (χ1) is 10.8. The maximum Gasteiger partial charge on any atom is 0.247 e. The Morgan fingerprint density at radius 1 is 1.22 bits per heavy atom. The standard InChI is InChI=1S/C16H25N3O3S/c1-4-23(21,22)19-12-10-16(11-13-19,15(20)18(2)3)17-14-8-6-5-7-9-14/h5-9,17H,4,10-13H2,1-3H3. The van der Waals surface area contributed by atoms with Crippen molar-refractivity contribution in [1.29, 1.82) is 0 Å². The molecule has 2 rings (SSSR count). The highest BCUT2D eigenvalue weighted by atomic mass is 32.2. The molecule has 1 fully saturated rings. The molecule has 1 aromatic carbocycles. The number of anilines is 1. The number of amides is 1. The zero-order valence-electron chi connectivity index (χ0n) is 13.9. The van der Waals surface area contributed by atoms with Crippen LogP contribution in [0.5, 0.6) is 0 Å². The minimum absolute atomic E-state index is 0.0186. The zero-order chi connectivity index (χ0) is 17.1. The fraction of sp³-hybridized carbons (Fsp3) is 0.562. The molecule has 0 spiro atoms. The maximum atomic E-state index is 12.7. The summed E-state index contributed by atoms with van der Waals surface area (Å²) in [5.74, 6) is 0.0724. The van der Waals surface area contributed by atoms with Crippen LogP contribution in [0, 0.1) is 0 Å². The largest absolute Gasteiger partial charge is 0.371 e. The average molecular weight is 339 g/mol. The fourth-order valence-corrected chi connectivity index (χ4v) is 4.05. The average Bonchev–Trinajstić information content (AvgIpc) is 2.55. The lowest BCUT2D eigenvalue weighted by molar-refractivity contribution is -0.134. The highest BCUT2D eigenvalue weighted by Gasteiger charge is 2.44. The van der Waals surface area contributed by atoms with Crippen molar-refractivity contribution in [2.24, 2.45) is 0 Å². The van der Waals surface area contributed by atoms with Gasteiger partial charge in [0.2, 0.25) is 15.9 Å². The number of rotatable bonds is 5. The summed E-state index contributed by atoms with van der Waals surface area (Å²) in [5, 5.41) is 3.35. The number of benzene rings is 1. The van der Waals surface area contributed by atoms with E-state index in [1.165, 1.54) is 4.31 Å². The van der Waals surface area contributed by atoms with Crippen molar-refractivity contribution >= 4 is 21.6 Å². The molecular formula is C16H25N3O3S. The molecular weight excluding hydrogens is 314 g/mol. The van der Waals surface area contributed by atoms with Crippen molar-refractivity contribution in [3.8, 4) is 0 Å². The summed E-state index contributed by atoms with van der Waals surface area (Å²) < 4.78 is 25.6. The van der Waals surface area contributed by atoms with Crippen LogP contribution in [0.2, 0.25) is 0 Å². The molecule has 0 aromatic heterocycles. The quantitative estimate of drug-likeness (QED) is 0.880. The Bertz CT molecular complexity index is 636. The number of hydrogen-bond acceptors (Lipinski definition) is 4. The third kappa shape index (κ3) is 3.84. The van der Waals surface area contributed by atoms with E-state index in [0.29, 0.717) is 25.9 Å². The molecule has 1 aliphatic heterocycles. The maximum absolute atomic E-state index is 12.7. The number of para-hydroxylation sites is 1. The van der Waals surface area contributed by atoms with Crippen LogP contribution in [0.3, 0.4) is 0 Å². The normalized spacial score (nSPS) is 18.4. The Morgan fingerprint density at radius 2 is 1.78 bits per heavy atom. The van der Waals surface area contributed by atoms with Crippen molar-refractivity contribution in [2.45, 2.75) is 25.3 Å². The van der Waals surface area contributed by atoms with E-state index in [9.17, 15) is 13.2 Å². The number of carbonyl (C=O) groups excluding carboxylic acids is 1. The SMILES string of the molecule is CCS(=O)(=O)N1CCC(Nc2ccccc2)(C(=O)N(C)C)CC1. The van der Waals surface area contributed by atoms with Crippen LogP contribution in [0.4, 0.5) is 5.69 Å². The molecule has 23 heavy (non-hydrogen) atoms. The lowest BCUT2D eigenvalue weighted by atomic mass is 9.86. The first kappa shape index (κ1) is 17.7. The van der Waals surface area contributed by atoms with Crippen LogP contribution in [-0.2, 0) is 14.8 Å². The summed E-state index contributed by atoms with van der Waals surface area (Å²) in [6.45, 7) is 2.36. The second kappa shape index (κ2) is 6.88. The summed E-state index contributed by atoms with van der Waals surface area (Å²) in [4.78, 5) is 14.3. The van der Waals surface area contributed by atoms with E-state index in [1.54, 1.807) is 25.9 Å². The molecule has 1 aliphatic rings. The van der Waals surface area contributed by atoms with Crippen LogP contribution in [-0.4, -0.2) is 62.0 Å². The molecule has 0 unspecified atom stereocenters. The number of carbonyl (C=O) groups is 1. The molecule has 0 saturated carbocycles. The predicted octanol–water partition coefficient (Wildman–Crippen LogP) is 1.37. The molecule has 0 bridgehead atoms. The van der Waals surface area contributed by atoms with E-state index in [2.05, 4.69) is 5.32 Å². The predicted molar refractivity (Wildman–Crippen MR) is 91.8 cm³/mol. The van der Waals surface area contributed by atoms with Crippen molar-refractivity contribution in [3.05, 3.63) is 30.3 Å². The van der Waals surface area contributed by atoms with E-state index in [1.807, 2.05) is 30.3 Å². The smallest absolute Gasteiger partial charge is 0.247 e. The molecule has 1 saturated heterocycles. The summed E-state index contributed by atoms with van der Waals surface area (Å²) in [6, 6.07) is 9.57. The van der Waals surface area contributed by atoms with E-state index < -0.39 is 15.6 Å². The summed E-state index contributed by atoms with van der Waals surface area (Å²) in [5.41, 5.74) is 0.111. The first-order valence-corrected chi connectivity index (χ1v) is 9.44. The number of nitrogens with zero attached hydrogens (tertiary/aromatic N) is 2. The van der Waals surface area contributed by atoms with Gasteiger partial charge in [-0.3, -0.25) is 4.79 Å². The van der Waals surface area contributed by atoms with E-state index >= 15 is 0 Å². The Labute approximate surface area is 138 Å². The molecule has 7 heteroatoms. The second-order valence-electron chi connectivity index (χ2n) is 6.07. The minimum atomic E-state index is -3.21. The minimum Gasteiger partial charge on any atom is -0.371 e. The second-order valence-corrected chi connectivity index (χ2v) is 8.33. The van der Waals surface area contributed by atoms with Crippen molar-refractivity contribution in [3.63, 3.8) is 0 Å². The lowest BCUT2D eigenvalue weighted by Gasteiger charge is -2.42. The van der Waals surface area contributed by atoms with Gasteiger partial charge in [-0.2, -0.15) is 0 Å². The van der Waals surface area contributed by atoms with Crippen LogP contribution < -0.4 is 5.32 Å². The molecule has 0 radical (unpaired) electrons. The number of nitrogens with one attached hydrogen (secondary N) is 1. The third-order valence-electron chi connectivity index (χ3n) is 4.31. The van der Waals surface area contributed by atoms with Gasteiger partial charge < -0.3 is 10.2 Å². The Morgan fingerprint density at radius 3 is 2.26 bits per heavy atom. The van der Waals surface area contributed by atoms with Gasteiger partial charge in [-0.1, -0.05) is 18.2 Å². The summed E-state index contributed by atoms with van der Waals surface area (Å²) in [7, 11) is 0.247. The summed E-state index contributed by atoms with van der Waals surface area (Å²) in [6.07, 6.45) is 0.913. The molecule has 1 amide bonds. The van der Waals surface area contributed by atoms with Crippen molar-refractivity contribution in [1.82, 2.24) is 9.21 Å². The van der Waals surface area contributed by atoms with Gasteiger partial charge in [0.1, 0.15) is 5.54 Å². The molecule has 1 aromatic rings. The summed E-state index contributed by atoms with van der Waals surface area (Å²) >= 11 is 0. The van der Waals surface area contributed by atoms with Crippen LogP contribution in [0.1, 0.15) is 19.8 Å². The molecule has 1 N–H and O–H groups in total.